The van der Waals surface area contributed by atoms with Gasteiger partial charge in [-0.2, -0.15) is 0 Å². The van der Waals surface area contributed by atoms with Crippen molar-refractivity contribution >= 4 is 23.4 Å². The van der Waals surface area contributed by atoms with E-state index >= 15 is 0 Å². The standard InChI is InChI=1S/C17H15NO7/c19-12(8-2-1-3-10(4-8)18(22)23)7-24-16(20)14-9-5-11-13(6-9)25-17(21)15(11)14/h1-4,9,11,13-15H,5-7H2/t9-,11+,13-,14-,15-/m1/s1. The fourth-order valence-corrected chi connectivity index (χ4v) is 4.43. The monoisotopic (exact) mass is 345 g/mol. The number of hydrogen-bond donors (Lipinski definition) is 0. The number of carbonyl (C=O) groups is 3. The summed E-state index contributed by atoms with van der Waals surface area (Å²) in [6.07, 6.45) is 1.38. The topological polar surface area (TPSA) is 113 Å². The summed E-state index contributed by atoms with van der Waals surface area (Å²) in [4.78, 5) is 46.6. The van der Waals surface area contributed by atoms with Crippen molar-refractivity contribution < 1.29 is 28.8 Å². The van der Waals surface area contributed by atoms with E-state index in [-0.39, 0.29) is 35.2 Å². The highest BCUT2D eigenvalue weighted by atomic mass is 16.6. The molecular weight excluding hydrogens is 330 g/mol. The lowest BCUT2D eigenvalue weighted by Gasteiger charge is -2.22. The van der Waals surface area contributed by atoms with Gasteiger partial charge in [0.15, 0.2) is 6.61 Å². The van der Waals surface area contributed by atoms with E-state index in [1.54, 1.807) is 0 Å². The maximum Gasteiger partial charge on any atom is 0.310 e. The molecule has 3 fully saturated rings. The summed E-state index contributed by atoms with van der Waals surface area (Å²) in [6.45, 7) is -0.501. The summed E-state index contributed by atoms with van der Waals surface area (Å²) >= 11 is 0. The molecule has 0 N–H and O–H groups in total. The Morgan fingerprint density at radius 2 is 2.12 bits per heavy atom. The second-order valence-electron chi connectivity index (χ2n) is 6.76. The maximum absolute atomic E-state index is 12.4. The highest BCUT2D eigenvalue weighted by Gasteiger charge is 2.64. The zero-order chi connectivity index (χ0) is 17.7. The van der Waals surface area contributed by atoms with Crippen molar-refractivity contribution in [2.24, 2.45) is 23.7 Å². The molecule has 0 spiro atoms. The predicted octanol–water partition coefficient (Wildman–Crippen LogP) is 1.52. The average Bonchev–Trinajstić information content (AvgIpc) is 3.21. The minimum Gasteiger partial charge on any atom is -0.462 e. The smallest absolute Gasteiger partial charge is 0.310 e. The quantitative estimate of drug-likeness (QED) is 0.344. The maximum atomic E-state index is 12.4. The molecule has 1 aromatic carbocycles. The van der Waals surface area contributed by atoms with Crippen molar-refractivity contribution in [1.82, 2.24) is 0 Å². The van der Waals surface area contributed by atoms with Gasteiger partial charge < -0.3 is 9.47 Å². The Hall–Kier alpha value is -2.77. The fraction of sp³-hybridized carbons (Fsp3) is 0.471. The van der Waals surface area contributed by atoms with Crippen molar-refractivity contribution in [1.29, 1.82) is 0 Å². The van der Waals surface area contributed by atoms with E-state index in [2.05, 4.69) is 0 Å². The Labute approximate surface area is 142 Å². The molecule has 2 aliphatic carbocycles. The van der Waals surface area contributed by atoms with Gasteiger partial charge in [0.05, 0.1) is 16.8 Å². The van der Waals surface area contributed by atoms with Crippen LogP contribution < -0.4 is 0 Å². The molecule has 0 unspecified atom stereocenters. The molecule has 8 heteroatoms. The van der Waals surface area contributed by atoms with E-state index in [4.69, 9.17) is 9.47 Å². The van der Waals surface area contributed by atoms with Crippen molar-refractivity contribution in [3.63, 3.8) is 0 Å². The summed E-state index contributed by atoms with van der Waals surface area (Å²) in [6, 6.07) is 5.25. The van der Waals surface area contributed by atoms with Crippen LogP contribution >= 0.6 is 0 Å². The molecule has 1 aliphatic heterocycles. The van der Waals surface area contributed by atoms with Gasteiger partial charge in [0.1, 0.15) is 6.10 Å². The van der Waals surface area contributed by atoms with Crippen molar-refractivity contribution in [3.05, 3.63) is 39.9 Å². The molecular formula is C17H15NO7. The summed E-state index contributed by atoms with van der Waals surface area (Å²) in [5.41, 5.74) is -0.0969. The van der Waals surface area contributed by atoms with E-state index < -0.39 is 35.1 Å². The number of carbonyl (C=O) groups excluding carboxylic acids is 3. The van der Waals surface area contributed by atoms with Crippen LogP contribution in [0.15, 0.2) is 24.3 Å². The van der Waals surface area contributed by atoms with Crippen LogP contribution in [-0.4, -0.2) is 35.4 Å². The Bertz CT molecular complexity index is 787. The molecule has 2 saturated carbocycles. The normalized spacial score (nSPS) is 31.7. The Morgan fingerprint density at radius 1 is 1.32 bits per heavy atom. The molecule has 0 radical (unpaired) electrons. The molecule has 1 aromatic rings. The van der Waals surface area contributed by atoms with Crippen LogP contribution in [0.25, 0.3) is 0 Å². The number of ketones is 1. The molecule has 130 valence electrons. The second kappa shape index (κ2) is 5.65. The van der Waals surface area contributed by atoms with Crippen LogP contribution in [0.2, 0.25) is 0 Å². The molecule has 0 aromatic heterocycles. The van der Waals surface area contributed by atoms with Crippen molar-refractivity contribution in [3.8, 4) is 0 Å². The predicted molar refractivity (Wildman–Crippen MR) is 81.5 cm³/mol. The number of non-ortho nitro benzene ring substituents is 1. The minimum atomic E-state index is -0.597. The van der Waals surface area contributed by atoms with Gasteiger partial charge in [0, 0.05) is 23.6 Å². The number of fused-ring (bicyclic) bond motifs is 1. The van der Waals surface area contributed by atoms with Crippen molar-refractivity contribution in [2.45, 2.75) is 18.9 Å². The zero-order valence-electron chi connectivity index (χ0n) is 13.1. The van der Waals surface area contributed by atoms with Gasteiger partial charge >= 0.3 is 11.9 Å². The molecule has 1 heterocycles. The number of benzene rings is 1. The van der Waals surface area contributed by atoms with Gasteiger partial charge in [0.2, 0.25) is 5.78 Å². The number of nitro groups is 1. The van der Waals surface area contributed by atoms with E-state index in [9.17, 15) is 24.5 Å². The lowest BCUT2D eigenvalue weighted by Crippen LogP contribution is -2.34. The third-order valence-corrected chi connectivity index (χ3v) is 5.48. The first-order valence-electron chi connectivity index (χ1n) is 8.10. The summed E-state index contributed by atoms with van der Waals surface area (Å²) < 4.78 is 10.4. The number of esters is 2. The fourth-order valence-electron chi connectivity index (χ4n) is 4.43. The van der Waals surface area contributed by atoms with Gasteiger partial charge in [-0.05, 0) is 18.8 Å². The first-order chi connectivity index (χ1) is 12.0. The number of ether oxygens (including phenoxy) is 2. The van der Waals surface area contributed by atoms with Gasteiger partial charge in [-0.1, -0.05) is 12.1 Å². The second-order valence-corrected chi connectivity index (χ2v) is 6.76. The van der Waals surface area contributed by atoms with E-state index in [0.717, 1.165) is 12.5 Å². The van der Waals surface area contributed by atoms with Crippen LogP contribution in [0.3, 0.4) is 0 Å². The van der Waals surface area contributed by atoms with Gasteiger partial charge in [-0.15, -0.1) is 0 Å². The number of nitrogens with zero attached hydrogens (tertiary/aromatic N) is 1. The first kappa shape index (κ1) is 15.7. The molecule has 4 rings (SSSR count). The average molecular weight is 345 g/mol. The van der Waals surface area contributed by atoms with Gasteiger partial charge in [-0.25, -0.2) is 0 Å². The SMILES string of the molecule is O=C(COC(=O)[C@@H]1[C@@H]2C[C@@H]3[C@H]1C(=O)O[C@@H]3C2)c1cccc([N+](=O)[O-])c1. The third-order valence-electron chi connectivity index (χ3n) is 5.48. The minimum absolute atomic E-state index is 0.0619. The summed E-state index contributed by atoms with van der Waals surface area (Å²) in [5.74, 6) is -2.28. The third kappa shape index (κ3) is 2.48. The van der Waals surface area contributed by atoms with Gasteiger partial charge in [-0.3, -0.25) is 24.5 Å². The molecule has 8 nitrogen and oxygen atoms in total. The molecule has 5 atom stereocenters. The first-order valence-corrected chi connectivity index (χ1v) is 8.10. The lowest BCUT2D eigenvalue weighted by atomic mass is 9.80. The highest BCUT2D eigenvalue weighted by Crippen LogP contribution is 2.57. The Morgan fingerprint density at radius 3 is 2.88 bits per heavy atom. The summed E-state index contributed by atoms with van der Waals surface area (Å²) in [7, 11) is 0. The molecule has 1 saturated heterocycles. The van der Waals surface area contributed by atoms with Gasteiger partial charge in [0.25, 0.3) is 5.69 Å². The molecule has 2 bridgehead atoms. The Balaban J connectivity index is 1.41. The largest absolute Gasteiger partial charge is 0.462 e. The van der Waals surface area contributed by atoms with Crippen LogP contribution in [0.5, 0.6) is 0 Å². The zero-order valence-corrected chi connectivity index (χ0v) is 13.1. The lowest BCUT2D eigenvalue weighted by molar-refractivity contribution is -0.384. The van der Waals surface area contributed by atoms with E-state index in [1.807, 2.05) is 0 Å². The van der Waals surface area contributed by atoms with Crippen molar-refractivity contribution in [2.75, 3.05) is 6.61 Å². The highest BCUT2D eigenvalue weighted by molar-refractivity contribution is 5.98. The van der Waals surface area contributed by atoms with Crippen LogP contribution in [0, 0.1) is 33.8 Å². The summed E-state index contributed by atoms with van der Waals surface area (Å²) in [5, 5.41) is 10.8. The molecule has 0 amide bonds. The number of nitro benzene ring substituents is 1. The number of Topliss-reactive ketones (excluding diaryl/α,β-unsaturated/α-hetero) is 1. The van der Waals surface area contributed by atoms with E-state index in [0.29, 0.717) is 6.42 Å². The number of rotatable bonds is 5. The van der Waals surface area contributed by atoms with Crippen LogP contribution in [0.4, 0.5) is 5.69 Å². The molecule has 3 aliphatic rings. The Kier molecular flexibility index (Phi) is 3.55. The van der Waals surface area contributed by atoms with E-state index in [1.165, 1.54) is 18.2 Å². The van der Waals surface area contributed by atoms with Crippen LogP contribution in [-0.2, 0) is 19.1 Å². The molecule has 25 heavy (non-hydrogen) atoms. The number of hydrogen-bond acceptors (Lipinski definition) is 7. The van der Waals surface area contributed by atoms with Crippen LogP contribution in [0.1, 0.15) is 23.2 Å².